The number of rotatable bonds is 6. The summed E-state index contributed by atoms with van der Waals surface area (Å²) < 4.78 is 5.42. The van der Waals surface area contributed by atoms with Gasteiger partial charge in [-0.3, -0.25) is 0 Å². The molecule has 0 spiro atoms. The van der Waals surface area contributed by atoms with E-state index in [0.29, 0.717) is 12.4 Å². The highest BCUT2D eigenvalue weighted by Crippen LogP contribution is 2.19. The molecule has 1 aromatic carbocycles. The number of nitrogen functional groups attached to an aromatic ring is 1. The van der Waals surface area contributed by atoms with Gasteiger partial charge in [-0.25, -0.2) is 0 Å². The minimum atomic E-state index is 0.179. The molecule has 0 radical (unpaired) electrons. The van der Waals surface area contributed by atoms with Crippen LogP contribution in [0.4, 0.5) is 5.95 Å². The van der Waals surface area contributed by atoms with E-state index in [4.69, 9.17) is 10.5 Å². The number of anilines is 1. The molecule has 2 N–H and O–H groups in total. The van der Waals surface area contributed by atoms with E-state index in [1.54, 1.807) is 0 Å². The van der Waals surface area contributed by atoms with Crippen molar-refractivity contribution in [3.05, 3.63) is 29.8 Å². The summed E-state index contributed by atoms with van der Waals surface area (Å²) in [6.07, 6.45) is 3.10. The molecule has 0 aliphatic heterocycles. The standard InChI is InChI=1S/C15H20N4O/c1-3-5-11-6-8-12(9-7-11)13-17-14(16)19-15(18-13)20-10-4-2/h6-9H,3-5,10H2,1-2H3,(H2,16,17,18,19). The summed E-state index contributed by atoms with van der Waals surface area (Å²) in [7, 11) is 0. The summed E-state index contributed by atoms with van der Waals surface area (Å²) in [5, 5.41) is 0. The summed E-state index contributed by atoms with van der Waals surface area (Å²) in [5.41, 5.74) is 7.93. The molecular weight excluding hydrogens is 252 g/mol. The van der Waals surface area contributed by atoms with E-state index >= 15 is 0 Å². The number of hydrogen-bond acceptors (Lipinski definition) is 5. The molecule has 5 heteroatoms. The Morgan fingerprint density at radius 3 is 2.40 bits per heavy atom. The Balaban J connectivity index is 2.24. The second-order valence-electron chi connectivity index (χ2n) is 4.60. The van der Waals surface area contributed by atoms with Crippen molar-refractivity contribution in [2.45, 2.75) is 33.1 Å². The van der Waals surface area contributed by atoms with Gasteiger partial charge in [-0.15, -0.1) is 0 Å². The fourth-order valence-corrected chi connectivity index (χ4v) is 1.87. The lowest BCUT2D eigenvalue weighted by Gasteiger charge is -2.06. The van der Waals surface area contributed by atoms with Gasteiger partial charge in [0.2, 0.25) is 5.95 Å². The van der Waals surface area contributed by atoms with Crippen LogP contribution in [0.2, 0.25) is 0 Å². The van der Waals surface area contributed by atoms with E-state index in [2.05, 4.69) is 34.0 Å². The van der Waals surface area contributed by atoms with E-state index in [-0.39, 0.29) is 12.0 Å². The van der Waals surface area contributed by atoms with Crippen molar-refractivity contribution in [3.8, 4) is 17.4 Å². The fourth-order valence-electron chi connectivity index (χ4n) is 1.87. The Labute approximate surface area is 119 Å². The van der Waals surface area contributed by atoms with Crippen LogP contribution in [0, 0.1) is 0 Å². The van der Waals surface area contributed by atoms with Gasteiger partial charge in [-0.1, -0.05) is 44.5 Å². The van der Waals surface area contributed by atoms with Gasteiger partial charge < -0.3 is 10.5 Å². The molecule has 2 aromatic rings. The highest BCUT2D eigenvalue weighted by atomic mass is 16.5. The minimum absolute atomic E-state index is 0.179. The number of nitrogens with two attached hydrogens (primary N) is 1. The fraction of sp³-hybridized carbons (Fsp3) is 0.400. The Bertz CT molecular complexity index is 554. The SMILES string of the molecule is CCCOc1nc(N)nc(-c2ccc(CCC)cc2)n1. The molecule has 0 bridgehead atoms. The van der Waals surface area contributed by atoms with Crippen LogP contribution in [0.1, 0.15) is 32.3 Å². The van der Waals surface area contributed by atoms with Crippen LogP contribution in [-0.2, 0) is 6.42 Å². The highest BCUT2D eigenvalue weighted by Gasteiger charge is 2.07. The second-order valence-corrected chi connectivity index (χ2v) is 4.60. The lowest BCUT2D eigenvalue weighted by Crippen LogP contribution is -2.05. The first-order valence-electron chi connectivity index (χ1n) is 6.96. The average Bonchev–Trinajstić information content (AvgIpc) is 2.46. The molecule has 0 saturated carbocycles. The Morgan fingerprint density at radius 1 is 1.00 bits per heavy atom. The molecule has 0 aliphatic carbocycles. The normalized spacial score (nSPS) is 10.5. The lowest BCUT2D eigenvalue weighted by molar-refractivity contribution is 0.292. The number of hydrogen-bond donors (Lipinski definition) is 1. The Kier molecular flexibility index (Phi) is 4.87. The summed E-state index contributed by atoms with van der Waals surface area (Å²) in [6, 6.07) is 8.47. The smallest absolute Gasteiger partial charge is 0.321 e. The minimum Gasteiger partial charge on any atom is -0.463 e. The maximum atomic E-state index is 5.70. The molecule has 5 nitrogen and oxygen atoms in total. The second kappa shape index (κ2) is 6.84. The van der Waals surface area contributed by atoms with Gasteiger partial charge in [-0.2, -0.15) is 15.0 Å². The van der Waals surface area contributed by atoms with Gasteiger partial charge in [0.25, 0.3) is 0 Å². The van der Waals surface area contributed by atoms with Gasteiger partial charge in [0, 0.05) is 5.56 Å². The molecule has 106 valence electrons. The molecule has 0 atom stereocenters. The number of ether oxygens (including phenoxy) is 1. The molecular formula is C15H20N4O. The van der Waals surface area contributed by atoms with Crippen molar-refractivity contribution in [2.75, 3.05) is 12.3 Å². The topological polar surface area (TPSA) is 73.9 Å². The lowest BCUT2D eigenvalue weighted by atomic mass is 10.1. The summed E-state index contributed by atoms with van der Waals surface area (Å²) in [4.78, 5) is 12.4. The molecule has 1 aromatic heterocycles. The van der Waals surface area contributed by atoms with E-state index in [0.717, 1.165) is 24.8 Å². The summed E-state index contributed by atoms with van der Waals surface area (Å²) in [5.74, 6) is 0.727. The third-order valence-corrected chi connectivity index (χ3v) is 2.82. The van der Waals surface area contributed by atoms with Gasteiger partial charge in [0.1, 0.15) is 0 Å². The van der Waals surface area contributed by atoms with Crippen LogP contribution in [0.5, 0.6) is 6.01 Å². The molecule has 0 amide bonds. The third-order valence-electron chi connectivity index (χ3n) is 2.82. The van der Waals surface area contributed by atoms with Crippen LogP contribution in [0.3, 0.4) is 0 Å². The quantitative estimate of drug-likeness (QED) is 0.875. The number of aryl methyl sites for hydroxylation is 1. The van der Waals surface area contributed by atoms with E-state index < -0.39 is 0 Å². The first kappa shape index (κ1) is 14.2. The Morgan fingerprint density at radius 2 is 1.75 bits per heavy atom. The van der Waals surface area contributed by atoms with Crippen molar-refractivity contribution in [1.82, 2.24) is 15.0 Å². The maximum absolute atomic E-state index is 5.70. The molecule has 2 rings (SSSR count). The van der Waals surface area contributed by atoms with Crippen molar-refractivity contribution < 1.29 is 4.74 Å². The van der Waals surface area contributed by atoms with Crippen molar-refractivity contribution in [3.63, 3.8) is 0 Å². The van der Waals surface area contributed by atoms with Crippen LogP contribution < -0.4 is 10.5 Å². The number of aromatic nitrogens is 3. The first-order valence-corrected chi connectivity index (χ1v) is 6.96. The monoisotopic (exact) mass is 272 g/mol. The first-order chi connectivity index (χ1) is 9.72. The van der Waals surface area contributed by atoms with Crippen LogP contribution in [-0.4, -0.2) is 21.6 Å². The summed E-state index contributed by atoms with van der Waals surface area (Å²) >= 11 is 0. The highest BCUT2D eigenvalue weighted by molar-refractivity contribution is 5.56. The predicted molar refractivity (Wildman–Crippen MR) is 79.5 cm³/mol. The number of benzene rings is 1. The van der Waals surface area contributed by atoms with E-state index in [1.165, 1.54) is 5.56 Å². The zero-order chi connectivity index (χ0) is 14.4. The van der Waals surface area contributed by atoms with Crippen molar-refractivity contribution in [1.29, 1.82) is 0 Å². The Hall–Kier alpha value is -2.17. The zero-order valence-electron chi connectivity index (χ0n) is 12.0. The molecule has 0 aliphatic rings. The van der Waals surface area contributed by atoms with E-state index in [1.807, 2.05) is 19.1 Å². The summed E-state index contributed by atoms with van der Waals surface area (Å²) in [6.45, 7) is 4.76. The third kappa shape index (κ3) is 3.66. The maximum Gasteiger partial charge on any atom is 0.321 e. The molecule has 1 heterocycles. The van der Waals surface area contributed by atoms with Crippen molar-refractivity contribution >= 4 is 5.95 Å². The van der Waals surface area contributed by atoms with Crippen LogP contribution in [0.15, 0.2) is 24.3 Å². The predicted octanol–water partition coefficient (Wildman–Crippen LogP) is 2.86. The van der Waals surface area contributed by atoms with Gasteiger partial charge in [0.05, 0.1) is 6.61 Å². The van der Waals surface area contributed by atoms with Gasteiger partial charge >= 0.3 is 6.01 Å². The van der Waals surface area contributed by atoms with Crippen LogP contribution >= 0.6 is 0 Å². The van der Waals surface area contributed by atoms with Crippen LogP contribution in [0.25, 0.3) is 11.4 Å². The largest absolute Gasteiger partial charge is 0.463 e. The molecule has 0 saturated heterocycles. The van der Waals surface area contributed by atoms with Gasteiger partial charge in [-0.05, 0) is 18.4 Å². The molecule has 0 unspecified atom stereocenters. The average molecular weight is 272 g/mol. The number of nitrogens with zero attached hydrogens (tertiary/aromatic N) is 3. The van der Waals surface area contributed by atoms with Gasteiger partial charge in [0.15, 0.2) is 5.82 Å². The van der Waals surface area contributed by atoms with E-state index in [9.17, 15) is 0 Å². The molecule has 20 heavy (non-hydrogen) atoms. The zero-order valence-corrected chi connectivity index (χ0v) is 12.0. The molecule has 0 fully saturated rings. The van der Waals surface area contributed by atoms with Crippen molar-refractivity contribution in [2.24, 2.45) is 0 Å².